The van der Waals surface area contributed by atoms with Crippen LogP contribution < -0.4 is 16.0 Å². The Morgan fingerprint density at radius 2 is 2.05 bits per heavy atom. The van der Waals surface area contributed by atoms with Gasteiger partial charge in [0.15, 0.2) is 0 Å². The Morgan fingerprint density at radius 1 is 1.32 bits per heavy atom. The van der Waals surface area contributed by atoms with Crippen molar-refractivity contribution in [2.24, 2.45) is 5.92 Å². The summed E-state index contributed by atoms with van der Waals surface area (Å²) in [6.07, 6.45) is 0.671. The molecule has 0 saturated carbocycles. The fourth-order valence-corrected chi connectivity index (χ4v) is 2.55. The highest BCUT2D eigenvalue weighted by Crippen LogP contribution is 2.21. The highest BCUT2D eigenvalue weighted by atomic mass is 16.6. The second-order valence-electron chi connectivity index (χ2n) is 6.93. The third kappa shape index (κ3) is 5.22. The summed E-state index contributed by atoms with van der Waals surface area (Å²) in [5.41, 5.74) is 1.26. The predicted octanol–water partition coefficient (Wildman–Crippen LogP) is 3.44. The fourth-order valence-electron chi connectivity index (χ4n) is 2.55. The standard InChI is InChI=1S/C17H27N3O2/c1-12-11-18-9-8-15(12)19-13-6-5-7-14(10-13)20-16(21)22-17(2,3)4/h5-7,10,12,15,18-19H,8-9,11H2,1-4H3,(H,20,21)/t12-,15+/m0/s1. The van der Waals surface area contributed by atoms with Gasteiger partial charge in [0.05, 0.1) is 0 Å². The lowest BCUT2D eigenvalue weighted by molar-refractivity contribution is 0.0636. The summed E-state index contributed by atoms with van der Waals surface area (Å²) in [6.45, 7) is 9.87. The SMILES string of the molecule is C[C@H]1CNCC[C@H]1Nc1cccc(NC(=O)OC(C)(C)C)c1. The van der Waals surface area contributed by atoms with E-state index in [0.29, 0.717) is 12.0 Å². The number of nitrogens with one attached hydrogen (secondary N) is 3. The summed E-state index contributed by atoms with van der Waals surface area (Å²) in [6, 6.07) is 8.22. The van der Waals surface area contributed by atoms with Crippen LogP contribution in [0.2, 0.25) is 0 Å². The minimum Gasteiger partial charge on any atom is -0.444 e. The van der Waals surface area contributed by atoms with E-state index in [4.69, 9.17) is 4.74 Å². The van der Waals surface area contributed by atoms with Crippen molar-refractivity contribution in [1.82, 2.24) is 5.32 Å². The van der Waals surface area contributed by atoms with Crippen LogP contribution in [-0.4, -0.2) is 30.8 Å². The molecule has 1 aromatic carbocycles. The summed E-state index contributed by atoms with van der Waals surface area (Å²) in [7, 11) is 0. The number of benzene rings is 1. The molecule has 22 heavy (non-hydrogen) atoms. The molecule has 5 nitrogen and oxygen atoms in total. The molecule has 2 rings (SSSR count). The number of carbonyl (C=O) groups excluding carboxylic acids is 1. The molecule has 0 aromatic heterocycles. The molecular formula is C17H27N3O2. The van der Waals surface area contributed by atoms with Crippen molar-refractivity contribution in [3.05, 3.63) is 24.3 Å². The summed E-state index contributed by atoms with van der Waals surface area (Å²) >= 11 is 0. The van der Waals surface area contributed by atoms with Crippen molar-refractivity contribution in [1.29, 1.82) is 0 Å². The van der Waals surface area contributed by atoms with Gasteiger partial charge in [-0.1, -0.05) is 13.0 Å². The zero-order valence-corrected chi connectivity index (χ0v) is 13.9. The Balaban J connectivity index is 1.96. The molecule has 1 aromatic rings. The molecule has 3 N–H and O–H groups in total. The topological polar surface area (TPSA) is 62.4 Å². The lowest BCUT2D eigenvalue weighted by Gasteiger charge is -2.31. The molecule has 0 radical (unpaired) electrons. The fraction of sp³-hybridized carbons (Fsp3) is 0.588. The second kappa shape index (κ2) is 7.01. The van der Waals surface area contributed by atoms with Crippen LogP contribution in [0.5, 0.6) is 0 Å². The van der Waals surface area contributed by atoms with Gasteiger partial charge in [-0.2, -0.15) is 0 Å². The van der Waals surface area contributed by atoms with Gasteiger partial charge in [-0.25, -0.2) is 4.79 Å². The minimum atomic E-state index is -0.496. The molecule has 1 amide bonds. The first-order valence-electron chi connectivity index (χ1n) is 7.91. The lowest BCUT2D eigenvalue weighted by Crippen LogP contribution is -2.42. The highest BCUT2D eigenvalue weighted by molar-refractivity contribution is 5.85. The van der Waals surface area contributed by atoms with Crippen molar-refractivity contribution in [3.8, 4) is 0 Å². The van der Waals surface area contributed by atoms with Crippen LogP contribution in [0.3, 0.4) is 0 Å². The average Bonchev–Trinajstić information content (AvgIpc) is 2.39. The molecule has 0 spiro atoms. The molecule has 2 atom stereocenters. The van der Waals surface area contributed by atoms with E-state index in [-0.39, 0.29) is 0 Å². The van der Waals surface area contributed by atoms with Crippen LogP contribution in [0, 0.1) is 5.92 Å². The Labute approximate surface area is 132 Å². The van der Waals surface area contributed by atoms with Crippen LogP contribution >= 0.6 is 0 Å². The highest BCUT2D eigenvalue weighted by Gasteiger charge is 2.21. The van der Waals surface area contributed by atoms with Crippen molar-refractivity contribution >= 4 is 17.5 Å². The van der Waals surface area contributed by atoms with Gasteiger partial charge in [0.25, 0.3) is 0 Å². The monoisotopic (exact) mass is 305 g/mol. The Hall–Kier alpha value is -1.75. The summed E-state index contributed by atoms with van der Waals surface area (Å²) in [5, 5.41) is 9.73. The molecule has 5 heteroatoms. The van der Waals surface area contributed by atoms with Gasteiger partial charge in [0, 0.05) is 17.4 Å². The molecule has 0 aliphatic carbocycles. The summed E-state index contributed by atoms with van der Waals surface area (Å²) in [5.74, 6) is 0.580. The van der Waals surface area contributed by atoms with E-state index >= 15 is 0 Å². The van der Waals surface area contributed by atoms with Gasteiger partial charge < -0.3 is 15.4 Å². The molecule has 122 valence electrons. The van der Waals surface area contributed by atoms with Crippen LogP contribution in [0.25, 0.3) is 0 Å². The van der Waals surface area contributed by atoms with E-state index in [1.807, 2.05) is 45.0 Å². The predicted molar refractivity (Wildman–Crippen MR) is 90.4 cm³/mol. The number of ether oxygens (including phenoxy) is 1. The molecular weight excluding hydrogens is 278 g/mol. The number of carbonyl (C=O) groups is 1. The molecule has 1 fully saturated rings. The molecule has 1 aliphatic rings. The first-order valence-corrected chi connectivity index (χ1v) is 7.91. The van der Waals surface area contributed by atoms with Gasteiger partial charge in [0.1, 0.15) is 5.60 Å². The second-order valence-corrected chi connectivity index (χ2v) is 6.93. The van der Waals surface area contributed by atoms with Gasteiger partial charge >= 0.3 is 6.09 Å². The molecule has 1 saturated heterocycles. The van der Waals surface area contributed by atoms with Gasteiger partial charge in [-0.05, 0) is 64.4 Å². The summed E-state index contributed by atoms with van der Waals surface area (Å²) in [4.78, 5) is 11.8. The maximum absolute atomic E-state index is 11.8. The number of hydrogen-bond acceptors (Lipinski definition) is 4. The smallest absolute Gasteiger partial charge is 0.412 e. The van der Waals surface area contributed by atoms with E-state index < -0.39 is 11.7 Å². The summed E-state index contributed by atoms with van der Waals surface area (Å²) < 4.78 is 5.27. The van der Waals surface area contributed by atoms with Crippen LogP contribution in [-0.2, 0) is 4.74 Å². The third-order valence-corrected chi connectivity index (χ3v) is 3.65. The van der Waals surface area contributed by atoms with Crippen molar-refractivity contribution in [2.45, 2.75) is 45.8 Å². The zero-order valence-electron chi connectivity index (χ0n) is 13.9. The molecule has 0 unspecified atom stereocenters. The minimum absolute atomic E-state index is 0.431. The van der Waals surface area contributed by atoms with E-state index in [1.54, 1.807) is 0 Å². The van der Waals surface area contributed by atoms with Gasteiger partial charge in [-0.3, -0.25) is 5.32 Å². The zero-order chi connectivity index (χ0) is 16.2. The number of anilines is 2. The number of amides is 1. The maximum atomic E-state index is 11.8. The molecule has 1 aliphatic heterocycles. The van der Waals surface area contributed by atoms with E-state index in [9.17, 15) is 4.79 Å². The molecule has 1 heterocycles. The van der Waals surface area contributed by atoms with Crippen molar-refractivity contribution in [2.75, 3.05) is 23.7 Å². The molecule has 0 bridgehead atoms. The normalized spacial score (nSPS) is 22.0. The first-order chi connectivity index (χ1) is 10.3. The van der Waals surface area contributed by atoms with Gasteiger partial charge in [-0.15, -0.1) is 0 Å². The largest absolute Gasteiger partial charge is 0.444 e. The van der Waals surface area contributed by atoms with Crippen LogP contribution in [0.4, 0.5) is 16.2 Å². The van der Waals surface area contributed by atoms with Crippen molar-refractivity contribution < 1.29 is 9.53 Å². The van der Waals surface area contributed by atoms with Crippen molar-refractivity contribution in [3.63, 3.8) is 0 Å². The maximum Gasteiger partial charge on any atom is 0.412 e. The lowest BCUT2D eigenvalue weighted by atomic mass is 9.95. The Kier molecular flexibility index (Phi) is 5.29. The van der Waals surface area contributed by atoms with E-state index in [2.05, 4.69) is 22.9 Å². The average molecular weight is 305 g/mol. The number of piperidine rings is 1. The van der Waals surface area contributed by atoms with E-state index in [1.165, 1.54) is 0 Å². The Morgan fingerprint density at radius 3 is 2.73 bits per heavy atom. The Bertz CT molecular complexity index is 511. The third-order valence-electron chi connectivity index (χ3n) is 3.65. The first kappa shape index (κ1) is 16.6. The van der Waals surface area contributed by atoms with E-state index in [0.717, 1.165) is 30.9 Å². The van der Waals surface area contributed by atoms with Gasteiger partial charge in [0.2, 0.25) is 0 Å². The van der Waals surface area contributed by atoms with Crippen LogP contribution in [0.15, 0.2) is 24.3 Å². The quantitative estimate of drug-likeness (QED) is 0.800. The number of rotatable bonds is 3. The van der Waals surface area contributed by atoms with Crippen LogP contribution in [0.1, 0.15) is 34.1 Å². The number of hydrogen-bond donors (Lipinski definition) is 3.